The third-order valence-corrected chi connectivity index (χ3v) is 5.30. The summed E-state index contributed by atoms with van der Waals surface area (Å²) >= 11 is 3.43. The molecule has 0 saturated heterocycles. The second kappa shape index (κ2) is 7.26. The molecule has 0 spiro atoms. The second-order valence-electron chi connectivity index (χ2n) is 6.72. The number of benzene rings is 1. The van der Waals surface area contributed by atoms with E-state index in [9.17, 15) is 9.59 Å². The molecule has 27 heavy (non-hydrogen) atoms. The summed E-state index contributed by atoms with van der Waals surface area (Å²) in [7, 11) is 0. The zero-order chi connectivity index (χ0) is 19.0. The lowest BCUT2D eigenvalue weighted by molar-refractivity contribution is 0.394. The summed E-state index contributed by atoms with van der Waals surface area (Å²) in [5.74, 6) is 0.646. The molecule has 2 aromatic heterocycles. The van der Waals surface area contributed by atoms with Gasteiger partial charge < -0.3 is 4.52 Å². The van der Waals surface area contributed by atoms with Crippen molar-refractivity contribution in [1.29, 1.82) is 0 Å². The van der Waals surface area contributed by atoms with Crippen LogP contribution in [0, 0.1) is 6.92 Å². The van der Waals surface area contributed by atoms with Gasteiger partial charge in [0.15, 0.2) is 0 Å². The summed E-state index contributed by atoms with van der Waals surface area (Å²) in [6.07, 6.45) is 3.52. The van der Waals surface area contributed by atoms with Crippen LogP contribution in [0.25, 0.3) is 11.4 Å². The minimum absolute atomic E-state index is 0.196. The lowest BCUT2D eigenvalue weighted by Crippen LogP contribution is -2.42. The van der Waals surface area contributed by atoms with Crippen molar-refractivity contribution in [1.82, 2.24) is 19.3 Å². The van der Waals surface area contributed by atoms with Crippen LogP contribution < -0.4 is 11.2 Å². The molecule has 0 bridgehead atoms. The van der Waals surface area contributed by atoms with E-state index >= 15 is 0 Å². The molecule has 140 valence electrons. The van der Waals surface area contributed by atoms with Crippen LogP contribution in [-0.4, -0.2) is 19.3 Å². The lowest BCUT2D eigenvalue weighted by atomic mass is 10.1. The molecule has 0 amide bonds. The third-order valence-electron chi connectivity index (χ3n) is 4.81. The zero-order valence-electron chi connectivity index (χ0n) is 14.9. The van der Waals surface area contributed by atoms with Crippen LogP contribution >= 0.6 is 15.9 Å². The molecule has 8 heteroatoms. The molecule has 0 fully saturated rings. The Morgan fingerprint density at radius 2 is 2.07 bits per heavy atom. The van der Waals surface area contributed by atoms with E-state index in [2.05, 4.69) is 26.1 Å². The molecule has 0 unspecified atom stereocenters. The van der Waals surface area contributed by atoms with Gasteiger partial charge in [0.25, 0.3) is 5.56 Å². The predicted octanol–water partition coefficient (Wildman–Crippen LogP) is 2.91. The molecular formula is C19H19BrN4O3. The molecule has 1 aliphatic rings. The van der Waals surface area contributed by atoms with Crippen LogP contribution in [-0.2, 0) is 19.5 Å². The topological polar surface area (TPSA) is 82.9 Å². The highest BCUT2D eigenvalue weighted by atomic mass is 79.9. The molecule has 1 aliphatic heterocycles. The van der Waals surface area contributed by atoms with Gasteiger partial charge in [-0.2, -0.15) is 4.98 Å². The van der Waals surface area contributed by atoms with Crippen molar-refractivity contribution in [3.05, 3.63) is 66.7 Å². The summed E-state index contributed by atoms with van der Waals surface area (Å²) in [6.45, 7) is 2.47. The average Bonchev–Trinajstić information content (AvgIpc) is 2.91. The molecular weight excluding hydrogens is 412 g/mol. The maximum atomic E-state index is 13.3. The Bertz CT molecular complexity index is 1110. The van der Waals surface area contributed by atoms with Crippen molar-refractivity contribution in [3.8, 4) is 11.4 Å². The maximum absolute atomic E-state index is 13.3. The van der Waals surface area contributed by atoms with Crippen molar-refractivity contribution in [2.75, 3.05) is 0 Å². The number of halogens is 1. The van der Waals surface area contributed by atoms with E-state index in [1.165, 1.54) is 4.57 Å². The van der Waals surface area contributed by atoms with Crippen LogP contribution in [0.5, 0.6) is 0 Å². The fourth-order valence-corrected chi connectivity index (χ4v) is 4.00. The van der Waals surface area contributed by atoms with Crippen molar-refractivity contribution >= 4 is 15.9 Å². The number of aromatic nitrogens is 4. The van der Waals surface area contributed by atoms with Gasteiger partial charge in [-0.3, -0.25) is 13.9 Å². The average molecular weight is 431 g/mol. The molecule has 4 rings (SSSR count). The standard InChI is InChI=1S/C19H19BrN4O3/c1-12-21-17(22-27-12)16-15-8-3-2-4-9-23(15)19(26)24(18(16)25)11-13-6-5-7-14(20)10-13/h5-7,10H,2-4,8-9,11H2,1H3. The maximum Gasteiger partial charge on any atom is 0.331 e. The Balaban J connectivity index is 1.95. The van der Waals surface area contributed by atoms with Crippen molar-refractivity contribution in [2.45, 2.75) is 45.7 Å². The Hall–Kier alpha value is -2.48. The molecule has 0 atom stereocenters. The monoisotopic (exact) mass is 430 g/mol. The summed E-state index contributed by atoms with van der Waals surface area (Å²) in [6, 6.07) is 7.59. The largest absolute Gasteiger partial charge is 0.339 e. The SMILES string of the molecule is Cc1nc(-c2c3n(c(=O)n(Cc4cccc(Br)c4)c2=O)CCCCC3)no1. The van der Waals surface area contributed by atoms with E-state index in [4.69, 9.17) is 4.52 Å². The van der Waals surface area contributed by atoms with E-state index < -0.39 is 0 Å². The van der Waals surface area contributed by atoms with Gasteiger partial charge in [-0.25, -0.2) is 4.79 Å². The smallest absolute Gasteiger partial charge is 0.331 e. The Morgan fingerprint density at radius 1 is 1.22 bits per heavy atom. The summed E-state index contributed by atoms with van der Waals surface area (Å²) in [5, 5.41) is 3.96. The van der Waals surface area contributed by atoms with Gasteiger partial charge in [0.1, 0.15) is 5.56 Å². The van der Waals surface area contributed by atoms with Crippen molar-refractivity contribution < 1.29 is 4.52 Å². The van der Waals surface area contributed by atoms with E-state index in [-0.39, 0.29) is 23.6 Å². The van der Waals surface area contributed by atoms with Gasteiger partial charge in [-0.1, -0.05) is 39.6 Å². The molecule has 0 saturated carbocycles. The normalized spacial score (nSPS) is 14.0. The van der Waals surface area contributed by atoms with Crippen LogP contribution in [0.3, 0.4) is 0 Å². The van der Waals surface area contributed by atoms with Gasteiger partial charge in [0.2, 0.25) is 11.7 Å². The number of rotatable bonds is 3. The Labute approximate surface area is 163 Å². The molecule has 1 aromatic carbocycles. The number of nitrogens with zero attached hydrogens (tertiary/aromatic N) is 4. The number of hydrogen-bond donors (Lipinski definition) is 0. The van der Waals surface area contributed by atoms with Gasteiger partial charge in [-0.15, -0.1) is 0 Å². The quantitative estimate of drug-likeness (QED) is 0.637. The summed E-state index contributed by atoms with van der Waals surface area (Å²) in [4.78, 5) is 30.7. The fourth-order valence-electron chi connectivity index (χ4n) is 3.55. The summed E-state index contributed by atoms with van der Waals surface area (Å²) in [5.41, 5.74) is 1.32. The molecule has 7 nitrogen and oxygen atoms in total. The molecule has 0 radical (unpaired) electrons. The molecule has 3 aromatic rings. The minimum atomic E-state index is -0.367. The first kappa shape index (κ1) is 17.9. The first-order chi connectivity index (χ1) is 13.0. The third kappa shape index (κ3) is 3.41. The van der Waals surface area contributed by atoms with Gasteiger partial charge in [0.05, 0.1) is 6.54 Å². The van der Waals surface area contributed by atoms with E-state index in [0.29, 0.717) is 30.1 Å². The highest BCUT2D eigenvalue weighted by Crippen LogP contribution is 2.22. The minimum Gasteiger partial charge on any atom is -0.339 e. The van der Waals surface area contributed by atoms with Crippen LogP contribution in [0.2, 0.25) is 0 Å². The highest BCUT2D eigenvalue weighted by molar-refractivity contribution is 9.10. The first-order valence-electron chi connectivity index (χ1n) is 8.96. The number of hydrogen-bond acceptors (Lipinski definition) is 5. The van der Waals surface area contributed by atoms with Crippen LogP contribution in [0.15, 0.2) is 42.9 Å². The van der Waals surface area contributed by atoms with Crippen molar-refractivity contribution in [2.24, 2.45) is 0 Å². The van der Waals surface area contributed by atoms with E-state index in [1.54, 1.807) is 11.5 Å². The first-order valence-corrected chi connectivity index (χ1v) is 9.75. The zero-order valence-corrected chi connectivity index (χ0v) is 16.5. The lowest BCUT2D eigenvalue weighted by Gasteiger charge is -2.16. The van der Waals surface area contributed by atoms with E-state index in [1.807, 2.05) is 24.3 Å². The van der Waals surface area contributed by atoms with E-state index in [0.717, 1.165) is 29.3 Å². The van der Waals surface area contributed by atoms with Gasteiger partial charge >= 0.3 is 5.69 Å². The predicted molar refractivity (Wildman–Crippen MR) is 104 cm³/mol. The van der Waals surface area contributed by atoms with Crippen LogP contribution in [0.1, 0.15) is 36.4 Å². The Kier molecular flexibility index (Phi) is 4.82. The van der Waals surface area contributed by atoms with Gasteiger partial charge in [-0.05, 0) is 37.0 Å². The molecule has 0 aliphatic carbocycles. The number of fused-ring (bicyclic) bond motifs is 1. The second-order valence-corrected chi connectivity index (χ2v) is 7.64. The number of aryl methyl sites for hydroxylation is 1. The van der Waals surface area contributed by atoms with Crippen LogP contribution in [0.4, 0.5) is 0 Å². The summed E-state index contributed by atoms with van der Waals surface area (Å²) < 4.78 is 8.99. The molecule has 0 N–H and O–H groups in total. The highest BCUT2D eigenvalue weighted by Gasteiger charge is 2.24. The Morgan fingerprint density at radius 3 is 2.81 bits per heavy atom. The van der Waals surface area contributed by atoms with Gasteiger partial charge in [0, 0.05) is 23.6 Å². The van der Waals surface area contributed by atoms with Crippen molar-refractivity contribution in [3.63, 3.8) is 0 Å². The fraction of sp³-hybridized carbons (Fsp3) is 0.368. The molecule has 3 heterocycles.